The fourth-order valence-electron chi connectivity index (χ4n) is 0.212. The van der Waals surface area contributed by atoms with Crippen molar-refractivity contribution in [2.45, 2.75) is 0 Å². The maximum atomic E-state index is 5.06. The molecule has 0 aromatic heterocycles. The smallest absolute Gasteiger partial charge is 0.0395 e. The summed E-state index contributed by atoms with van der Waals surface area (Å²) in [4.78, 5) is 0.752. The molecule has 0 saturated carbocycles. The van der Waals surface area contributed by atoms with Crippen LogP contribution in [0.3, 0.4) is 0 Å². The second-order valence-corrected chi connectivity index (χ2v) is 2.24. The molecule has 3 heteroatoms. The Balaban J connectivity index is 3.66. The van der Waals surface area contributed by atoms with Crippen molar-refractivity contribution in [1.29, 1.82) is 0 Å². The topological polar surface area (TPSA) is 26.0 Å². The molecule has 8 heavy (non-hydrogen) atoms. The summed E-state index contributed by atoms with van der Waals surface area (Å²) in [5.74, 6) is 0. The lowest BCUT2D eigenvalue weighted by molar-refractivity contribution is 1.62. The summed E-state index contributed by atoms with van der Waals surface area (Å²) in [5, 5.41) is 0. The number of nitrogens with two attached hydrogens (primary N) is 1. The number of halogens is 1. The maximum Gasteiger partial charge on any atom is 0.0395 e. The van der Waals surface area contributed by atoms with Gasteiger partial charge in [-0.2, -0.15) is 0 Å². The Labute approximate surface area is 67.8 Å². The largest absolute Gasteiger partial charge is 0.405 e. The molecule has 1 nitrogen and oxygen atoms in total. The molecule has 0 unspecified atom stereocenters. The lowest BCUT2D eigenvalue weighted by Crippen LogP contribution is -1.83. The minimum atomic E-state index is 0.752. The number of hydrogen-bond acceptors (Lipinski definition) is 2. The molecule has 44 valence electrons. The van der Waals surface area contributed by atoms with Crippen molar-refractivity contribution in [2.75, 3.05) is 0 Å². The number of hydrogen-bond donors (Lipinski definition) is 1. The van der Waals surface area contributed by atoms with Crippen molar-refractivity contribution in [3.8, 4) is 0 Å². The van der Waals surface area contributed by atoms with E-state index in [0.29, 0.717) is 0 Å². The van der Waals surface area contributed by atoms with Gasteiger partial charge in [-0.1, -0.05) is 34.8 Å². The van der Waals surface area contributed by atoms with Gasteiger partial charge in [-0.05, 0) is 22.4 Å². The third kappa shape index (κ3) is 4.26. The lowest BCUT2D eigenvalue weighted by Gasteiger charge is -1.78. The summed E-state index contributed by atoms with van der Waals surface area (Å²) in [5.41, 5.74) is 5.06. The predicted octanol–water partition coefficient (Wildman–Crippen LogP) is 1.78. The normalized spacial score (nSPS) is 11.1. The van der Waals surface area contributed by atoms with E-state index < -0.39 is 0 Å². The fraction of sp³-hybridized carbons (Fsp3) is 0. The molecule has 0 aliphatic rings. The zero-order valence-electron chi connectivity index (χ0n) is 4.17. The molecule has 0 atom stereocenters. The van der Waals surface area contributed by atoms with E-state index in [0.717, 1.165) is 4.86 Å². The minimum Gasteiger partial charge on any atom is -0.405 e. The number of rotatable bonds is 2. The third-order valence-electron chi connectivity index (χ3n) is 0.488. The van der Waals surface area contributed by atoms with Gasteiger partial charge in [-0.15, -0.1) is 0 Å². The van der Waals surface area contributed by atoms with Crippen LogP contribution >= 0.6 is 34.8 Å². The van der Waals surface area contributed by atoms with Crippen molar-refractivity contribution in [3.63, 3.8) is 0 Å². The molecule has 0 fully saturated rings. The summed E-state index contributed by atoms with van der Waals surface area (Å²) in [7, 11) is 0. The minimum absolute atomic E-state index is 0.752. The Kier molecular flexibility index (Phi) is 5.31. The molecular weight excluding hydrogens is 233 g/mol. The molecule has 0 aromatic rings. The number of thiocarbonyl (C=S) groups is 1. The monoisotopic (exact) mass is 239 g/mol. The summed E-state index contributed by atoms with van der Waals surface area (Å²) in [6.07, 6.45) is 4.91. The van der Waals surface area contributed by atoms with Gasteiger partial charge >= 0.3 is 0 Å². The molecule has 0 spiro atoms. The van der Waals surface area contributed by atoms with Gasteiger partial charge in [0.25, 0.3) is 0 Å². The first kappa shape index (κ1) is 8.10. The van der Waals surface area contributed by atoms with Gasteiger partial charge in [0.2, 0.25) is 0 Å². The second-order valence-electron chi connectivity index (χ2n) is 1.05. The van der Waals surface area contributed by atoms with E-state index in [1.54, 1.807) is 12.2 Å². The SMILES string of the molecule is N/C=C\C(=S)/C=C\I. The van der Waals surface area contributed by atoms with Crippen molar-refractivity contribution >= 4 is 39.7 Å². The molecule has 0 radical (unpaired) electrons. The molecule has 0 saturated heterocycles. The van der Waals surface area contributed by atoms with Crippen molar-refractivity contribution in [2.24, 2.45) is 5.73 Å². The Morgan fingerprint density at radius 2 is 2.12 bits per heavy atom. The average Bonchev–Trinajstić information content (AvgIpc) is 1.68. The Hall–Kier alpha value is 0.1000. The predicted molar refractivity (Wildman–Crippen MR) is 49.1 cm³/mol. The van der Waals surface area contributed by atoms with Gasteiger partial charge in [0.15, 0.2) is 0 Å². The first-order valence-corrected chi connectivity index (χ1v) is 3.65. The summed E-state index contributed by atoms with van der Waals surface area (Å²) >= 11 is 6.89. The molecular formula is C5H6INS. The van der Waals surface area contributed by atoms with E-state index in [4.69, 9.17) is 18.0 Å². The van der Waals surface area contributed by atoms with Crippen molar-refractivity contribution in [1.82, 2.24) is 0 Å². The highest BCUT2D eigenvalue weighted by Crippen LogP contribution is 1.87. The van der Waals surface area contributed by atoms with E-state index in [-0.39, 0.29) is 0 Å². The van der Waals surface area contributed by atoms with E-state index in [9.17, 15) is 0 Å². The third-order valence-corrected chi connectivity index (χ3v) is 1.12. The van der Waals surface area contributed by atoms with Gasteiger partial charge < -0.3 is 5.73 Å². The van der Waals surface area contributed by atoms with E-state index >= 15 is 0 Å². The Bertz CT molecular complexity index is 114. The van der Waals surface area contributed by atoms with Gasteiger partial charge in [-0.25, -0.2) is 0 Å². The molecule has 0 amide bonds. The van der Waals surface area contributed by atoms with E-state index in [1.165, 1.54) is 6.20 Å². The van der Waals surface area contributed by atoms with Crippen LogP contribution < -0.4 is 5.73 Å². The summed E-state index contributed by atoms with van der Waals surface area (Å²) in [6, 6.07) is 0. The standard InChI is InChI=1S/C5H6INS/c6-3-1-5(8)2-4-7/h1-4H,7H2/b3-1-,4-2-. The maximum absolute atomic E-state index is 5.06. The van der Waals surface area contributed by atoms with Crippen LogP contribution in [0, 0.1) is 0 Å². The molecule has 0 aromatic carbocycles. The van der Waals surface area contributed by atoms with Crippen LogP contribution in [0.25, 0.3) is 0 Å². The second kappa shape index (κ2) is 5.24. The molecule has 0 aliphatic carbocycles. The van der Waals surface area contributed by atoms with Crippen LogP contribution in [-0.2, 0) is 0 Å². The first-order chi connectivity index (χ1) is 3.81. The van der Waals surface area contributed by atoms with Crippen LogP contribution in [0.4, 0.5) is 0 Å². The van der Waals surface area contributed by atoms with E-state index in [1.807, 2.05) is 4.08 Å². The lowest BCUT2D eigenvalue weighted by atomic mass is 10.4. The highest BCUT2D eigenvalue weighted by Gasteiger charge is 1.76. The van der Waals surface area contributed by atoms with Gasteiger partial charge in [-0.3, -0.25) is 0 Å². The van der Waals surface area contributed by atoms with Crippen molar-refractivity contribution < 1.29 is 0 Å². The highest BCUT2D eigenvalue weighted by atomic mass is 127. The molecule has 0 rings (SSSR count). The molecule has 0 aliphatic heterocycles. The van der Waals surface area contributed by atoms with E-state index in [2.05, 4.69) is 22.6 Å². The van der Waals surface area contributed by atoms with Crippen LogP contribution in [-0.4, -0.2) is 4.86 Å². The number of allylic oxidation sites excluding steroid dienone is 2. The first-order valence-electron chi connectivity index (χ1n) is 2.00. The van der Waals surface area contributed by atoms with Gasteiger partial charge in [0, 0.05) is 4.86 Å². The van der Waals surface area contributed by atoms with Crippen molar-refractivity contribution in [3.05, 3.63) is 22.4 Å². The van der Waals surface area contributed by atoms with Gasteiger partial charge in [0.05, 0.1) is 0 Å². The fourth-order valence-corrected chi connectivity index (χ4v) is 0.990. The van der Waals surface area contributed by atoms with Crippen LogP contribution in [0.2, 0.25) is 0 Å². The zero-order chi connectivity index (χ0) is 6.41. The molecule has 0 bridgehead atoms. The summed E-state index contributed by atoms with van der Waals surface area (Å²) in [6.45, 7) is 0. The molecule has 0 heterocycles. The van der Waals surface area contributed by atoms with Crippen LogP contribution in [0.1, 0.15) is 0 Å². The van der Waals surface area contributed by atoms with Gasteiger partial charge in [0.1, 0.15) is 0 Å². The zero-order valence-corrected chi connectivity index (χ0v) is 7.15. The van der Waals surface area contributed by atoms with Crippen LogP contribution in [0.5, 0.6) is 0 Å². The highest BCUT2D eigenvalue weighted by molar-refractivity contribution is 14.1. The van der Waals surface area contributed by atoms with Crippen LogP contribution in [0.15, 0.2) is 22.4 Å². The molecule has 2 N–H and O–H groups in total. The Morgan fingerprint density at radius 3 is 2.50 bits per heavy atom. The Morgan fingerprint density at radius 1 is 1.50 bits per heavy atom. The quantitative estimate of drug-likeness (QED) is 0.451. The summed E-state index contributed by atoms with van der Waals surface area (Å²) < 4.78 is 1.85. The average molecular weight is 239 g/mol.